The van der Waals surface area contributed by atoms with Crippen molar-refractivity contribution in [1.82, 2.24) is 5.32 Å². The second-order valence-electron chi connectivity index (χ2n) is 5.40. The largest absolute Gasteiger partial charge is 0.312 e. The van der Waals surface area contributed by atoms with Gasteiger partial charge in [-0.3, -0.25) is 0 Å². The van der Waals surface area contributed by atoms with E-state index in [1.165, 1.54) is 51.5 Å². The summed E-state index contributed by atoms with van der Waals surface area (Å²) in [7, 11) is 0. The van der Waals surface area contributed by atoms with Gasteiger partial charge < -0.3 is 5.32 Å². The van der Waals surface area contributed by atoms with Crippen molar-refractivity contribution >= 4 is 11.8 Å². The summed E-state index contributed by atoms with van der Waals surface area (Å²) in [6.07, 6.45) is 12.3. The van der Waals surface area contributed by atoms with Crippen molar-refractivity contribution in [2.45, 2.75) is 63.2 Å². The van der Waals surface area contributed by atoms with Crippen LogP contribution in [0, 0.1) is 5.41 Å². The van der Waals surface area contributed by atoms with E-state index in [0.29, 0.717) is 5.41 Å². The zero-order chi connectivity index (χ0) is 10.7. The summed E-state index contributed by atoms with van der Waals surface area (Å²) in [6.45, 7) is 3.63. The van der Waals surface area contributed by atoms with Gasteiger partial charge in [-0.2, -0.15) is 11.8 Å². The van der Waals surface area contributed by atoms with Crippen LogP contribution < -0.4 is 5.32 Å². The molecule has 0 aromatic heterocycles. The molecule has 2 atom stereocenters. The molecule has 0 radical (unpaired) electrons. The Morgan fingerprint density at radius 2 is 2.00 bits per heavy atom. The summed E-state index contributed by atoms with van der Waals surface area (Å²) in [4.78, 5) is 0. The first kappa shape index (κ1) is 11.8. The number of hydrogen-bond acceptors (Lipinski definition) is 2. The molecule has 1 nitrogen and oxygen atoms in total. The van der Waals surface area contributed by atoms with Crippen molar-refractivity contribution in [3.05, 3.63) is 0 Å². The predicted octanol–water partition coefficient (Wildman–Crippen LogP) is 3.44. The maximum Gasteiger partial charge on any atom is 0.0198 e. The van der Waals surface area contributed by atoms with Gasteiger partial charge in [0.15, 0.2) is 0 Å². The first-order valence-electron chi connectivity index (χ1n) is 6.56. The molecular weight excluding hydrogens is 202 g/mol. The second kappa shape index (κ2) is 5.09. The molecule has 1 N–H and O–H groups in total. The van der Waals surface area contributed by atoms with Crippen LogP contribution >= 0.6 is 11.8 Å². The lowest BCUT2D eigenvalue weighted by Gasteiger charge is -2.32. The maximum atomic E-state index is 3.86. The van der Waals surface area contributed by atoms with Crippen LogP contribution in [0.3, 0.4) is 0 Å². The van der Waals surface area contributed by atoms with Gasteiger partial charge in [-0.15, -0.1) is 0 Å². The molecule has 2 rings (SSSR count). The first-order valence-corrected chi connectivity index (χ1v) is 7.85. The normalized spacial score (nSPS) is 34.0. The maximum absolute atomic E-state index is 3.86. The van der Waals surface area contributed by atoms with Gasteiger partial charge in [0.05, 0.1) is 0 Å². The smallest absolute Gasteiger partial charge is 0.0198 e. The molecule has 2 fully saturated rings. The minimum atomic E-state index is 0.709. The van der Waals surface area contributed by atoms with Gasteiger partial charge >= 0.3 is 0 Å². The van der Waals surface area contributed by atoms with E-state index in [2.05, 4.69) is 30.3 Å². The summed E-state index contributed by atoms with van der Waals surface area (Å²) < 4.78 is 0. The molecule has 2 saturated carbocycles. The van der Waals surface area contributed by atoms with Crippen molar-refractivity contribution < 1.29 is 0 Å². The lowest BCUT2D eigenvalue weighted by molar-refractivity contribution is 0.341. The zero-order valence-electron chi connectivity index (χ0n) is 10.2. The molecule has 88 valence electrons. The monoisotopic (exact) mass is 227 g/mol. The molecule has 0 saturated heterocycles. The average molecular weight is 227 g/mol. The Morgan fingerprint density at radius 3 is 2.60 bits per heavy atom. The molecule has 2 heteroatoms. The average Bonchev–Trinajstić information content (AvgIpc) is 3.07. The fourth-order valence-corrected chi connectivity index (χ4v) is 3.76. The van der Waals surface area contributed by atoms with Crippen molar-refractivity contribution in [2.75, 3.05) is 12.8 Å². The standard InChI is InChI=1S/C13H25NS/c1-3-13(8-9-13)10-14-11-6-4-5-7-12(11)15-2/h11-12,14H,3-10H2,1-2H3. The Balaban J connectivity index is 1.77. The van der Waals surface area contributed by atoms with Gasteiger partial charge in [0.2, 0.25) is 0 Å². The number of nitrogens with one attached hydrogen (secondary N) is 1. The second-order valence-corrected chi connectivity index (χ2v) is 6.48. The van der Waals surface area contributed by atoms with Gasteiger partial charge in [-0.05, 0) is 43.8 Å². The molecular formula is C13H25NS. The summed E-state index contributed by atoms with van der Waals surface area (Å²) in [5, 5.41) is 4.74. The number of rotatable bonds is 5. The molecule has 2 aliphatic carbocycles. The molecule has 2 unspecified atom stereocenters. The molecule has 0 bridgehead atoms. The van der Waals surface area contributed by atoms with E-state index in [1.54, 1.807) is 0 Å². The third kappa shape index (κ3) is 2.91. The molecule has 0 amide bonds. The van der Waals surface area contributed by atoms with Crippen LogP contribution in [0.1, 0.15) is 51.9 Å². The number of thioether (sulfide) groups is 1. The highest BCUT2D eigenvalue weighted by molar-refractivity contribution is 7.99. The third-order valence-electron chi connectivity index (χ3n) is 4.45. The Bertz CT molecular complexity index is 201. The van der Waals surface area contributed by atoms with E-state index in [0.717, 1.165) is 11.3 Å². The van der Waals surface area contributed by atoms with Crippen molar-refractivity contribution in [3.63, 3.8) is 0 Å². The molecule has 0 aromatic carbocycles. The van der Waals surface area contributed by atoms with E-state index in [1.807, 2.05) is 0 Å². The highest BCUT2D eigenvalue weighted by atomic mass is 32.2. The van der Waals surface area contributed by atoms with Crippen molar-refractivity contribution in [3.8, 4) is 0 Å². The Labute approximate surface area is 98.8 Å². The minimum absolute atomic E-state index is 0.709. The molecule has 2 aliphatic rings. The van der Waals surface area contributed by atoms with Crippen LogP contribution in [0.25, 0.3) is 0 Å². The minimum Gasteiger partial charge on any atom is -0.312 e. The molecule has 0 aromatic rings. The van der Waals surface area contributed by atoms with Crippen molar-refractivity contribution in [2.24, 2.45) is 5.41 Å². The Kier molecular flexibility index (Phi) is 4.00. The van der Waals surface area contributed by atoms with Crippen LogP contribution in [0.15, 0.2) is 0 Å². The fraction of sp³-hybridized carbons (Fsp3) is 1.00. The number of hydrogen-bond donors (Lipinski definition) is 1. The Hall–Kier alpha value is 0.310. The Morgan fingerprint density at radius 1 is 1.27 bits per heavy atom. The van der Waals surface area contributed by atoms with Crippen LogP contribution in [-0.4, -0.2) is 24.1 Å². The quantitative estimate of drug-likeness (QED) is 0.772. The van der Waals surface area contributed by atoms with Crippen LogP contribution in [0.4, 0.5) is 0 Å². The third-order valence-corrected chi connectivity index (χ3v) is 5.62. The lowest BCUT2D eigenvalue weighted by Crippen LogP contribution is -2.42. The highest BCUT2D eigenvalue weighted by Crippen LogP contribution is 2.48. The summed E-state index contributed by atoms with van der Waals surface area (Å²) >= 11 is 2.07. The van der Waals surface area contributed by atoms with Gasteiger partial charge in [0.25, 0.3) is 0 Å². The molecule has 0 heterocycles. The first-order chi connectivity index (χ1) is 7.29. The lowest BCUT2D eigenvalue weighted by atomic mass is 9.93. The van der Waals surface area contributed by atoms with Crippen LogP contribution in [0.2, 0.25) is 0 Å². The predicted molar refractivity (Wildman–Crippen MR) is 69.5 cm³/mol. The molecule has 0 spiro atoms. The summed E-state index contributed by atoms with van der Waals surface area (Å²) in [5.41, 5.74) is 0.709. The summed E-state index contributed by atoms with van der Waals surface area (Å²) in [6, 6.07) is 0.803. The van der Waals surface area contributed by atoms with Gasteiger partial charge in [-0.25, -0.2) is 0 Å². The van der Waals surface area contributed by atoms with E-state index >= 15 is 0 Å². The van der Waals surface area contributed by atoms with Gasteiger partial charge in [0.1, 0.15) is 0 Å². The van der Waals surface area contributed by atoms with Gasteiger partial charge in [0, 0.05) is 17.8 Å². The molecule has 15 heavy (non-hydrogen) atoms. The van der Waals surface area contributed by atoms with Crippen LogP contribution in [-0.2, 0) is 0 Å². The fourth-order valence-electron chi connectivity index (χ4n) is 2.79. The molecule has 0 aliphatic heterocycles. The van der Waals surface area contributed by atoms with Crippen LogP contribution in [0.5, 0.6) is 0 Å². The highest BCUT2D eigenvalue weighted by Gasteiger charge is 2.41. The van der Waals surface area contributed by atoms with Gasteiger partial charge in [-0.1, -0.05) is 19.8 Å². The van der Waals surface area contributed by atoms with Crippen molar-refractivity contribution in [1.29, 1.82) is 0 Å². The van der Waals surface area contributed by atoms with E-state index in [-0.39, 0.29) is 0 Å². The topological polar surface area (TPSA) is 12.0 Å². The zero-order valence-corrected chi connectivity index (χ0v) is 11.0. The van der Waals surface area contributed by atoms with E-state index < -0.39 is 0 Å². The van der Waals surface area contributed by atoms with E-state index in [9.17, 15) is 0 Å². The summed E-state index contributed by atoms with van der Waals surface area (Å²) in [5.74, 6) is 0. The van der Waals surface area contributed by atoms with E-state index in [4.69, 9.17) is 0 Å². The SMILES string of the molecule is CCC1(CNC2CCCCC2SC)CC1.